The fourth-order valence-corrected chi connectivity index (χ4v) is 7.74. The molecule has 1 heterocycles. The fourth-order valence-electron chi connectivity index (χ4n) is 7.74. The lowest BCUT2D eigenvalue weighted by molar-refractivity contribution is -0.144. The van der Waals surface area contributed by atoms with Gasteiger partial charge in [0.2, 0.25) is 0 Å². The summed E-state index contributed by atoms with van der Waals surface area (Å²) in [4.78, 5) is 29.9. The molecule has 0 atom stereocenters. The third kappa shape index (κ3) is 35.7. The Hall–Kier alpha value is -2.19. The second-order valence-corrected chi connectivity index (χ2v) is 16.8. The summed E-state index contributed by atoms with van der Waals surface area (Å²) < 4.78 is 10.8. The maximum absolute atomic E-state index is 12.3. The van der Waals surface area contributed by atoms with Crippen LogP contribution in [0, 0.1) is 11.8 Å². The van der Waals surface area contributed by atoms with Crippen LogP contribution < -0.4 is 10.6 Å². The first-order valence-corrected chi connectivity index (χ1v) is 24.7. The molecule has 0 fully saturated rings. The number of aromatic nitrogens is 1. The Morgan fingerprint density at radius 1 is 0.672 bits per heavy atom. The number of methoxy groups -OCH3 is 1. The molecule has 0 aliphatic rings. The number of hydrogen-bond acceptors (Lipinski definition) is 8. The van der Waals surface area contributed by atoms with Crippen molar-refractivity contribution in [2.45, 2.75) is 214 Å². The van der Waals surface area contributed by atoms with Crippen molar-refractivity contribution in [1.82, 2.24) is 9.88 Å². The van der Waals surface area contributed by atoms with Crippen molar-refractivity contribution in [2.75, 3.05) is 64.2 Å². The highest BCUT2D eigenvalue weighted by Gasteiger charge is 2.11. The Kier molecular flexibility index (Phi) is 42.7. The monoisotopic (exact) mass is 817 g/mol. The predicted molar refractivity (Wildman–Crippen MR) is 251 cm³/mol. The standard InChI is InChI=1S/C38H70N4O3.C12H26O/c1-4-6-15-23-35(24-16-7-5-2)27-34-45-37(44)26-17-11-10-13-19-31-42(30-18-12-8-9-14-20-33-43)32-22-29-41-38-36(39-3)25-21-28-40-38;1-4-6-8-12(9-7-5-2)10-11-13-3/h21,25,28,33,35,39H,4-20,22-24,26-27,29-32,34H2,1-3H3,(H,40,41);12H,4-11H2,1-3H3. The van der Waals surface area contributed by atoms with E-state index in [1.807, 2.05) is 25.4 Å². The summed E-state index contributed by atoms with van der Waals surface area (Å²) in [5.41, 5.74) is 1.03. The zero-order valence-corrected chi connectivity index (χ0v) is 39.2. The Morgan fingerprint density at radius 2 is 1.21 bits per heavy atom. The number of hydrogen-bond donors (Lipinski definition) is 2. The molecule has 1 rings (SSSR count). The van der Waals surface area contributed by atoms with E-state index in [0.29, 0.717) is 25.4 Å². The molecule has 0 bridgehead atoms. The molecule has 1 aromatic heterocycles. The molecule has 8 nitrogen and oxygen atoms in total. The van der Waals surface area contributed by atoms with Gasteiger partial charge in [-0.3, -0.25) is 4.79 Å². The minimum Gasteiger partial charge on any atom is -0.466 e. The summed E-state index contributed by atoms with van der Waals surface area (Å²) in [7, 11) is 3.73. The highest BCUT2D eigenvalue weighted by Crippen LogP contribution is 2.22. The van der Waals surface area contributed by atoms with Crippen molar-refractivity contribution in [2.24, 2.45) is 11.8 Å². The van der Waals surface area contributed by atoms with Gasteiger partial charge in [0.15, 0.2) is 0 Å². The van der Waals surface area contributed by atoms with E-state index in [9.17, 15) is 9.59 Å². The number of anilines is 2. The van der Waals surface area contributed by atoms with E-state index in [1.165, 1.54) is 135 Å². The van der Waals surface area contributed by atoms with Crippen molar-refractivity contribution in [1.29, 1.82) is 0 Å². The molecular weight excluding hydrogens is 721 g/mol. The first-order valence-electron chi connectivity index (χ1n) is 24.7. The number of pyridine rings is 1. The molecule has 8 heteroatoms. The topological polar surface area (TPSA) is 92.8 Å². The molecule has 0 aliphatic heterocycles. The van der Waals surface area contributed by atoms with Crippen LogP contribution in [0.15, 0.2) is 18.3 Å². The van der Waals surface area contributed by atoms with Gasteiger partial charge in [-0.1, -0.05) is 156 Å². The molecule has 2 N–H and O–H groups in total. The zero-order valence-electron chi connectivity index (χ0n) is 39.2. The van der Waals surface area contributed by atoms with Crippen LogP contribution in [-0.2, 0) is 19.1 Å². The van der Waals surface area contributed by atoms with Gasteiger partial charge < -0.3 is 29.8 Å². The maximum atomic E-state index is 12.3. The Labute approximate surface area is 359 Å². The van der Waals surface area contributed by atoms with Crippen molar-refractivity contribution in [3.63, 3.8) is 0 Å². The van der Waals surface area contributed by atoms with Crippen LogP contribution >= 0.6 is 0 Å². The van der Waals surface area contributed by atoms with Gasteiger partial charge in [-0.15, -0.1) is 0 Å². The summed E-state index contributed by atoms with van der Waals surface area (Å²) in [6.45, 7) is 14.9. The Balaban J connectivity index is 0.00000213. The van der Waals surface area contributed by atoms with Gasteiger partial charge in [0.25, 0.3) is 0 Å². The molecule has 0 amide bonds. The molecule has 0 saturated heterocycles. The van der Waals surface area contributed by atoms with Crippen LogP contribution in [0.5, 0.6) is 0 Å². The molecule has 0 aliphatic carbocycles. The lowest BCUT2D eigenvalue weighted by Gasteiger charge is -2.22. The molecule has 0 aromatic carbocycles. The minimum absolute atomic E-state index is 0.00523. The molecule has 1 aromatic rings. The number of esters is 1. The number of nitrogens with one attached hydrogen (secondary N) is 2. The maximum Gasteiger partial charge on any atom is 0.305 e. The molecule has 0 saturated carbocycles. The van der Waals surface area contributed by atoms with E-state index in [0.717, 1.165) is 95.0 Å². The predicted octanol–water partition coefficient (Wildman–Crippen LogP) is 13.8. The van der Waals surface area contributed by atoms with Crippen LogP contribution in [0.4, 0.5) is 11.5 Å². The lowest BCUT2D eigenvalue weighted by Crippen LogP contribution is -2.28. The molecule has 0 unspecified atom stereocenters. The summed E-state index contributed by atoms with van der Waals surface area (Å²) in [5.74, 6) is 2.54. The normalized spacial score (nSPS) is 11.3. The number of nitrogens with zero attached hydrogens (tertiary/aromatic N) is 2. The largest absolute Gasteiger partial charge is 0.466 e. The number of rotatable bonds is 42. The quantitative estimate of drug-likeness (QED) is 0.0383. The van der Waals surface area contributed by atoms with Crippen LogP contribution in [-0.4, -0.2) is 75.7 Å². The molecule has 58 heavy (non-hydrogen) atoms. The van der Waals surface area contributed by atoms with Gasteiger partial charge in [0, 0.05) is 46.3 Å². The summed E-state index contributed by atoms with van der Waals surface area (Å²) in [6.07, 6.45) is 37.6. The van der Waals surface area contributed by atoms with E-state index < -0.39 is 0 Å². The van der Waals surface area contributed by atoms with E-state index >= 15 is 0 Å². The molecule has 0 radical (unpaired) electrons. The van der Waals surface area contributed by atoms with Gasteiger partial charge in [-0.25, -0.2) is 4.98 Å². The second kappa shape index (κ2) is 44.4. The van der Waals surface area contributed by atoms with Gasteiger partial charge in [0.05, 0.1) is 12.3 Å². The SMILES string of the molecule is CCCCC(CCCC)CCOC.CCCCCC(CCCCC)CCOC(=O)CCCCCCCN(CCCCCCCC=O)CCCNc1ncccc1NC. The first-order chi connectivity index (χ1) is 28.5. The van der Waals surface area contributed by atoms with E-state index in [2.05, 4.69) is 48.2 Å². The number of carbonyl (C=O) groups is 2. The molecular formula is C50H96N4O4. The number of unbranched alkanes of at least 4 members (excludes halogenated alkanes) is 15. The third-order valence-corrected chi connectivity index (χ3v) is 11.6. The average molecular weight is 817 g/mol. The first kappa shape index (κ1) is 55.8. The van der Waals surface area contributed by atoms with E-state index in [-0.39, 0.29) is 5.97 Å². The average Bonchev–Trinajstić information content (AvgIpc) is 3.24. The van der Waals surface area contributed by atoms with Gasteiger partial charge >= 0.3 is 5.97 Å². The van der Waals surface area contributed by atoms with Gasteiger partial charge in [-0.2, -0.15) is 0 Å². The number of aldehydes is 1. The number of ether oxygens (including phenoxy) is 2. The summed E-state index contributed by atoms with van der Waals surface area (Å²) in [5, 5.41) is 6.69. The second-order valence-electron chi connectivity index (χ2n) is 16.8. The van der Waals surface area contributed by atoms with Crippen molar-refractivity contribution in [3.8, 4) is 0 Å². The summed E-state index contributed by atoms with van der Waals surface area (Å²) >= 11 is 0. The Bertz CT molecular complexity index is 983. The third-order valence-electron chi connectivity index (χ3n) is 11.6. The molecule has 0 spiro atoms. The van der Waals surface area contributed by atoms with Gasteiger partial charge in [-0.05, 0) is 88.5 Å². The summed E-state index contributed by atoms with van der Waals surface area (Å²) in [6, 6.07) is 3.99. The smallest absolute Gasteiger partial charge is 0.305 e. The van der Waals surface area contributed by atoms with Crippen LogP contribution in [0.2, 0.25) is 0 Å². The van der Waals surface area contributed by atoms with Crippen molar-refractivity contribution < 1.29 is 19.1 Å². The van der Waals surface area contributed by atoms with Crippen LogP contribution in [0.1, 0.15) is 214 Å². The molecule has 340 valence electrons. The van der Waals surface area contributed by atoms with Crippen molar-refractivity contribution >= 4 is 23.8 Å². The lowest BCUT2D eigenvalue weighted by atomic mass is 9.92. The van der Waals surface area contributed by atoms with Crippen LogP contribution in [0.25, 0.3) is 0 Å². The van der Waals surface area contributed by atoms with E-state index in [1.54, 1.807) is 7.11 Å². The minimum atomic E-state index is -0.00523. The number of carbonyl (C=O) groups excluding carboxylic acids is 2. The van der Waals surface area contributed by atoms with E-state index in [4.69, 9.17) is 9.47 Å². The van der Waals surface area contributed by atoms with Crippen molar-refractivity contribution in [3.05, 3.63) is 18.3 Å². The Morgan fingerprint density at radius 3 is 1.78 bits per heavy atom. The zero-order chi connectivity index (χ0) is 42.6. The van der Waals surface area contributed by atoms with Gasteiger partial charge in [0.1, 0.15) is 12.1 Å². The van der Waals surface area contributed by atoms with Crippen LogP contribution in [0.3, 0.4) is 0 Å². The highest BCUT2D eigenvalue weighted by molar-refractivity contribution is 5.69. The highest BCUT2D eigenvalue weighted by atomic mass is 16.5. The fraction of sp³-hybridized carbons (Fsp3) is 0.860.